The average molecular weight is 571 g/mol. The molecular formula is C22H33F3IN3O3. The van der Waals surface area contributed by atoms with Crippen LogP contribution in [0.1, 0.15) is 37.7 Å². The molecule has 2 aliphatic rings. The van der Waals surface area contributed by atoms with E-state index >= 15 is 0 Å². The number of nitrogens with zero attached hydrogens (tertiary/aromatic N) is 2. The van der Waals surface area contributed by atoms with Crippen molar-refractivity contribution < 1.29 is 27.4 Å². The maximum absolute atomic E-state index is 12.3. The molecule has 0 saturated carbocycles. The van der Waals surface area contributed by atoms with E-state index in [-0.39, 0.29) is 41.9 Å². The number of alkyl halides is 3. The first-order valence-corrected chi connectivity index (χ1v) is 10.9. The summed E-state index contributed by atoms with van der Waals surface area (Å²) in [5.74, 6) is 0.974. The number of halogens is 4. The number of guanidine groups is 1. The highest BCUT2D eigenvalue weighted by atomic mass is 127. The number of rotatable bonds is 7. The SMILES string of the molecule is CN=C(NCc1cccc(OCC(F)(F)F)c1)N1CCC(OCC2CCCCO2)CC1.I. The number of likely N-dealkylation sites (tertiary alicyclic amines) is 1. The molecule has 0 spiro atoms. The van der Waals surface area contributed by atoms with Crippen LogP contribution in [-0.4, -0.2) is 69.2 Å². The molecule has 1 aromatic rings. The van der Waals surface area contributed by atoms with Gasteiger partial charge in [-0.15, -0.1) is 24.0 Å². The van der Waals surface area contributed by atoms with Gasteiger partial charge in [0.15, 0.2) is 12.6 Å². The van der Waals surface area contributed by atoms with Crippen LogP contribution in [0.15, 0.2) is 29.3 Å². The van der Waals surface area contributed by atoms with E-state index in [4.69, 9.17) is 14.2 Å². The summed E-state index contributed by atoms with van der Waals surface area (Å²) in [6.45, 7) is 2.34. The number of benzene rings is 1. The molecule has 6 nitrogen and oxygen atoms in total. The van der Waals surface area contributed by atoms with E-state index < -0.39 is 12.8 Å². The maximum Gasteiger partial charge on any atom is 0.422 e. The third kappa shape index (κ3) is 9.30. The Balaban J connectivity index is 0.00000363. The highest BCUT2D eigenvalue weighted by molar-refractivity contribution is 14.0. The van der Waals surface area contributed by atoms with Gasteiger partial charge >= 0.3 is 6.18 Å². The predicted molar refractivity (Wildman–Crippen MR) is 128 cm³/mol. The van der Waals surface area contributed by atoms with Crippen LogP contribution < -0.4 is 10.1 Å². The summed E-state index contributed by atoms with van der Waals surface area (Å²) >= 11 is 0. The molecule has 182 valence electrons. The van der Waals surface area contributed by atoms with Gasteiger partial charge in [-0.3, -0.25) is 4.99 Å². The van der Waals surface area contributed by atoms with Crippen LogP contribution in [0.3, 0.4) is 0 Å². The van der Waals surface area contributed by atoms with Gasteiger partial charge < -0.3 is 24.4 Å². The van der Waals surface area contributed by atoms with Gasteiger partial charge in [0.2, 0.25) is 0 Å². The van der Waals surface area contributed by atoms with Crippen LogP contribution in [0.25, 0.3) is 0 Å². The minimum Gasteiger partial charge on any atom is -0.484 e. The van der Waals surface area contributed by atoms with Gasteiger partial charge in [0, 0.05) is 33.3 Å². The molecule has 32 heavy (non-hydrogen) atoms. The Kier molecular flexibility index (Phi) is 11.3. The number of piperidine rings is 1. The smallest absolute Gasteiger partial charge is 0.422 e. The van der Waals surface area contributed by atoms with Crippen LogP contribution in [0.2, 0.25) is 0 Å². The van der Waals surface area contributed by atoms with Crippen molar-refractivity contribution in [1.82, 2.24) is 10.2 Å². The molecule has 2 fully saturated rings. The van der Waals surface area contributed by atoms with Crippen molar-refractivity contribution in [1.29, 1.82) is 0 Å². The lowest BCUT2D eigenvalue weighted by Crippen LogP contribution is -2.47. The van der Waals surface area contributed by atoms with Crippen molar-refractivity contribution in [2.75, 3.05) is 40.0 Å². The van der Waals surface area contributed by atoms with Gasteiger partial charge in [0.1, 0.15) is 5.75 Å². The Bertz CT molecular complexity index is 707. The molecule has 2 saturated heterocycles. The van der Waals surface area contributed by atoms with Crippen LogP contribution >= 0.6 is 24.0 Å². The van der Waals surface area contributed by atoms with Gasteiger partial charge in [-0.05, 0) is 49.8 Å². The largest absolute Gasteiger partial charge is 0.484 e. The van der Waals surface area contributed by atoms with Gasteiger partial charge in [0.05, 0.1) is 18.8 Å². The summed E-state index contributed by atoms with van der Waals surface area (Å²) in [5, 5.41) is 3.29. The third-order valence-electron chi connectivity index (χ3n) is 5.50. The Labute approximate surface area is 204 Å². The molecule has 1 atom stereocenters. The van der Waals surface area contributed by atoms with Crippen molar-refractivity contribution >= 4 is 29.9 Å². The second kappa shape index (κ2) is 13.4. The molecule has 0 aliphatic carbocycles. The third-order valence-corrected chi connectivity index (χ3v) is 5.50. The Morgan fingerprint density at radius 2 is 2.00 bits per heavy atom. The van der Waals surface area contributed by atoms with Gasteiger partial charge in [-0.1, -0.05) is 12.1 Å². The van der Waals surface area contributed by atoms with Gasteiger partial charge in [0.25, 0.3) is 0 Å². The van der Waals surface area contributed by atoms with Crippen molar-refractivity contribution in [2.24, 2.45) is 4.99 Å². The second-order valence-electron chi connectivity index (χ2n) is 7.96. The summed E-state index contributed by atoms with van der Waals surface area (Å²) in [4.78, 5) is 6.53. The molecule has 0 aromatic heterocycles. The van der Waals surface area contributed by atoms with Crippen molar-refractivity contribution in [3.05, 3.63) is 29.8 Å². The maximum atomic E-state index is 12.3. The Hall–Kier alpha value is -1.27. The first kappa shape index (κ1) is 27.0. The summed E-state index contributed by atoms with van der Waals surface area (Å²) in [7, 11) is 1.73. The molecular weight excluding hydrogens is 538 g/mol. The Morgan fingerprint density at radius 1 is 1.22 bits per heavy atom. The normalized spacial score (nSPS) is 20.6. The number of nitrogens with one attached hydrogen (secondary N) is 1. The van der Waals surface area contributed by atoms with Crippen LogP contribution in [0.4, 0.5) is 13.2 Å². The molecule has 1 aromatic carbocycles. The summed E-state index contributed by atoms with van der Waals surface area (Å²) in [6, 6.07) is 6.66. The minimum absolute atomic E-state index is 0. The minimum atomic E-state index is -4.35. The van der Waals surface area contributed by atoms with E-state index in [1.807, 2.05) is 6.07 Å². The highest BCUT2D eigenvalue weighted by Gasteiger charge is 2.28. The lowest BCUT2D eigenvalue weighted by molar-refractivity contribution is -0.153. The fourth-order valence-electron chi connectivity index (χ4n) is 3.84. The Morgan fingerprint density at radius 3 is 2.66 bits per heavy atom. The summed E-state index contributed by atoms with van der Waals surface area (Å²) in [5.41, 5.74) is 0.825. The van der Waals surface area contributed by atoms with Crippen molar-refractivity contribution in [2.45, 2.75) is 57.0 Å². The highest BCUT2D eigenvalue weighted by Crippen LogP contribution is 2.20. The fraction of sp³-hybridized carbons (Fsp3) is 0.682. The zero-order valence-corrected chi connectivity index (χ0v) is 20.7. The zero-order valence-electron chi connectivity index (χ0n) is 18.4. The molecule has 2 heterocycles. The van der Waals surface area contributed by atoms with Crippen LogP contribution in [0.5, 0.6) is 5.75 Å². The van der Waals surface area contributed by atoms with E-state index in [1.54, 1.807) is 19.2 Å². The first-order valence-electron chi connectivity index (χ1n) is 10.9. The number of hydrogen-bond donors (Lipinski definition) is 1. The van der Waals surface area contributed by atoms with E-state index in [0.717, 1.165) is 56.9 Å². The van der Waals surface area contributed by atoms with Crippen LogP contribution in [0, 0.1) is 0 Å². The molecule has 10 heteroatoms. The van der Waals surface area contributed by atoms with Gasteiger partial charge in [-0.2, -0.15) is 13.2 Å². The topological polar surface area (TPSA) is 55.3 Å². The van der Waals surface area contributed by atoms with E-state index in [2.05, 4.69) is 15.2 Å². The summed E-state index contributed by atoms with van der Waals surface area (Å²) < 4.78 is 53.7. The first-order chi connectivity index (χ1) is 14.9. The lowest BCUT2D eigenvalue weighted by Gasteiger charge is -2.35. The van der Waals surface area contributed by atoms with Crippen molar-refractivity contribution in [3.8, 4) is 5.75 Å². The molecule has 1 unspecified atom stereocenters. The number of ether oxygens (including phenoxy) is 3. The standard InChI is InChI=1S/C22H32F3N3O3.HI/c1-26-21(27-14-17-5-4-7-19(13-17)31-16-22(23,24)25)28-10-8-18(9-11-28)30-15-20-6-2-3-12-29-20;/h4-5,7,13,18,20H,2-3,6,8-12,14-16H2,1H3,(H,26,27);1H. The second-order valence-corrected chi connectivity index (χ2v) is 7.96. The monoisotopic (exact) mass is 571 g/mol. The molecule has 0 radical (unpaired) electrons. The quantitative estimate of drug-likeness (QED) is 0.300. The van der Waals surface area contributed by atoms with Crippen LogP contribution in [-0.2, 0) is 16.0 Å². The zero-order chi connectivity index (χ0) is 22.1. The lowest BCUT2D eigenvalue weighted by atomic mass is 10.1. The average Bonchev–Trinajstić information content (AvgIpc) is 2.78. The number of aliphatic imine (C=N–C) groups is 1. The van der Waals surface area contributed by atoms with E-state index in [9.17, 15) is 13.2 Å². The molecule has 3 rings (SSSR count). The molecule has 0 amide bonds. The molecule has 2 aliphatic heterocycles. The van der Waals surface area contributed by atoms with E-state index in [0.29, 0.717) is 13.2 Å². The predicted octanol–water partition coefficient (Wildman–Crippen LogP) is 4.37. The van der Waals surface area contributed by atoms with E-state index in [1.165, 1.54) is 12.5 Å². The molecule has 0 bridgehead atoms. The van der Waals surface area contributed by atoms with Gasteiger partial charge in [-0.25, -0.2) is 0 Å². The fourth-order valence-corrected chi connectivity index (χ4v) is 3.84. The number of hydrogen-bond acceptors (Lipinski definition) is 4. The van der Waals surface area contributed by atoms with Crippen molar-refractivity contribution in [3.63, 3.8) is 0 Å². The summed E-state index contributed by atoms with van der Waals surface area (Å²) in [6.07, 6.45) is 1.41. The molecule has 1 N–H and O–H groups in total.